The predicted octanol–water partition coefficient (Wildman–Crippen LogP) is 0.975. The fraction of sp³-hybridized carbons (Fsp3) is 0.700. The minimum absolute atomic E-state index is 0.453. The maximum absolute atomic E-state index is 5.45. The van der Waals surface area contributed by atoms with E-state index < -0.39 is 0 Å². The Morgan fingerprint density at radius 3 is 2.79 bits per heavy atom. The summed E-state index contributed by atoms with van der Waals surface area (Å²) in [4.78, 5) is 2.35. The first-order valence-electron chi connectivity index (χ1n) is 4.96. The van der Waals surface area contributed by atoms with Crippen LogP contribution >= 0.6 is 0 Å². The highest BCUT2D eigenvalue weighted by atomic mass is 16.5. The average molecular weight is 195 g/mol. The summed E-state index contributed by atoms with van der Waals surface area (Å²) in [6.45, 7) is 8.12. The van der Waals surface area contributed by atoms with E-state index in [1.165, 1.54) is 0 Å². The number of nitrogens with zero attached hydrogens (tertiary/aromatic N) is 2. The van der Waals surface area contributed by atoms with Gasteiger partial charge in [-0.2, -0.15) is 0 Å². The molecule has 1 aliphatic heterocycles. The van der Waals surface area contributed by atoms with Gasteiger partial charge in [-0.05, 0) is 5.41 Å². The summed E-state index contributed by atoms with van der Waals surface area (Å²) in [5, 5.41) is 3.86. The van der Waals surface area contributed by atoms with Crippen molar-refractivity contribution in [3.8, 4) is 0 Å². The molecule has 2 N–H and O–H groups in total. The molecule has 1 fully saturated rings. The molecular formula is C10H17N3O. The van der Waals surface area contributed by atoms with E-state index in [0.29, 0.717) is 12.0 Å². The lowest BCUT2D eigenvalue weighted by molar-refractivity contribution is 0.0177. The molecule has 0 atom stereocenters. The van der Waals surface area contributed by atoms with Crippen LogP contribution in [0.25, 0.3) is 0 Å². The van der Waals surface area contributed by atoms with Crippen molar-refractivity contribution in [2.24, 2.45) is 11.1 Å². The predicted molar refractivity (Wildman–Crippen MR) is 53.5 cm³/mol. The van der Waals surface area contributed by atoms with Gasteiger partial charge in [0.15, 0.2) is 5.76 Å². The molecule has 4 heteroatoms. The summed E-state index contributed by atoms with van der Waals surface area (Å²) in [6, 6.07) is 1.94. The molecule has 1 aromatic heterocycles. The number of aromatic nitrogens is 1. The first-order valence-corrected chi connectivity index (χ1v) is 4.96. The monoisotopic (exact) mass is 195 g/mol. The third-order valence-electron chi connectivity index (χ3n) is 2.50. The highest BCUT2D eigenvalue weighted by molar-refractivity contribution is 5.05. The molecule has 1 aliphatic rings. The second-order valence-corrected chi connectivity index (χ2v) is 4.80. The minimum atomic E-state index is 0.453. The normalized spacial score (nSPS) is 20.8. The lowest BCUT2D eigenvalue weighted by Crippen LogP contribution is -2.51. The van der Waals surface area contributed by atoms with Gasteiger partial charge in [0.25, 0.3) is 0 Å². The molecule has 1 saturated heterocycles. The smallest absolute Gasteiger partial charge is 0.151 e. The lowest BCUT2D eigenvalue weighted by atomic mass is 9.84. The number of hydrogen-bond acceptors (Lipinski definition) is 4. The first-order chi connectivity index (χ1) is 6.59. The Labute approximate surface area is 84.0 Å². The van der Waals surface area contributed by atoms with Crippen LogP contribution in [-0.4, -0.2) is 23.1 Å². The quantitative estimate of drug-likeness (QED) is 0.781. The second-order valence-electron chi connectivity index (χ2n) is 4.80. The zero-order valence-corrected chi connectivity index (χ0v) is 8.79. The van der Waals surface area contributed by atoms with Crippen molar-refractivity contribution in [2.75, 3.05) is 13.1 Å². The number of likely N-dealkylation sites (tertiary alicyclic amines) is 1. The van der Waals surface area contributed by atoms with Gasteiger partial charge in [-0.3, -0.25) is 4.90 Å². The van der Waals surface area contributed by atoms with Crippen molar-refractivity contribution in [1.29, 1.82) is 0 Å². The summed E-state index contributed by atoms with van der Waals surface area (Å²) in [5.74, 6) is 0.918. The maximum atomic E-state index is 5.45. The Hall–Kier alpha value is -0.870. The van der Waals surface area contributed by atoms with Gasteiger partial charge >= 0.3 is 0 Å². The maximum Gasteiger partial charge on any atom is 0.151 e. The van der Waals surface area contributed by atoms with E-state index >= 15 is 0 Å². The third kappa shape index (κ3) is 1.96. The Balaban J connectivity index is 1.87. The van der Waals surface area contributed by atoms with Gasteiger partial charge in [0.05, 0.1) is 12.2 Å². The van der Waals surface area contributed by atoms with Gasteiger partial charge in [-0.25, -0.2) is 0 Å². The van der Waals surface area contributed by atoms with E-state index in [1.807, 2.05) is 6.07 Å². The largest absolute Gasteiger partial charge is 0.360 e. The van der Waals surface area contributed by atoms with Crippen LogP contribution in [-0.2, 0) is 13.1 Å². The minimum Gasteiger partial charge on any atom is -0.360 e. The van der Waals surface area contributed by atoms with Gasteiger partial charge in [-0.15, -0.1) is 0 Å². The highest BCUT2D eigenvalue weighted by Crippen LogP contribution is 2.29. The van der Waals surface area contributed by atoms with Gasteiger partial charge in [0.2, 0.25) is 0 Å². The van der Waals surface area contributed by atoms with Crippen molar-refractivity contribution in [3.63, 3.8) is 0 Å². The zero-order valence-electron chi connectivity index (χ0n) is 8.79. The average Bonchev–Trinajstić information content (AvgIpc) is 2.49. The molecule has 2 heterocycles. The molecule has 0 amide bonds. The molecule has 4 nitrogen and oxygen atoms in total. The Bertz CT molecular complexity index is 311. The van der Waals surface area contributed by atoms with Crippen LogP contribution in [0.5, 0.6) is 0 Å². The summed E-state index contributed by atoms with van der Waals surface area (Å²) in [5.41, 5.74) is 6.75. The van der Waals surface area contributed by atoms with Crippen molar-refractivity contribution in [1.82, 2.24) is 10.1 Å². The fourth-order valence-corrected chi connectivity index (χ4v) is 2.02. The topological polar surface area (TPSA) is 55.3 Å². The Kier molecular flexibility index (Phi) is 2.33. The second kappa shape index (κ2) is 3.37. The van der Waals surface area contributed by atoms with E-state index in [9.17, 15) is 0 Å². The fourth-order valence-electron chi connectivity index (χ4n) is 2.02. The van der Waals surface area contributed by atoms with Crippen LogP contribution in [0, 0.1) is 5.41 Å². The first kappa shape index (κ1) is 9.68. The standard InChI is InChI=1S/C10H17N3O/c1-10(2)6-13(7-10)5-9-3-8(4-11)12-14-9/h3H,4-7,11H2,1-2H3. The summed E-state index contributed by atoms with van der Waals surface area (Å²) < 4.78 is 5.16. The SMILES string of the molecule is CC1(C)CN(Cc2cc(CN)no2)C1. The molecule has 2 rings (SSSR count). The molecule has 14 heavy (non-hydrogen) atoms. The van der Waals surface area contributed by atoms with Crippen LogP contribution in [0.3, 0.4) is 0 Å². The van der Waals surface area contributed by atoms with E-state index in [0.717, 1.165) is 31.1 Å². The van der Waals surface area contributed by atoms with Crippen molar-refractivity contribution in [2.45, 2.75) is 26.9 Å². The summed E-state index contributed by atoms with van der Waals surface area (Å²) in [6.07, 6.45) is 0. The molecule has 0 radical (unpaired) electrons. The van der Waals surface area contributed by atoms with Gasteiger partial charge < -0.3 is 10.3 Å². The Morgan fingerprint density at radius 2 is 2.29 bits per heavy atom. The van der Waals surface area contributed by atoms with E-state index in [1.54, 1.807) is 0 Å². The van der Waals surface area contributed by atoms with Crippen LogP contribution in [0.15, 0.2) is 10.6 Å². The number of rotatable bonds is 3. The molecule has 0 aromatic carbocycles. The molecule has 0 aliphatic carbocycles. The van der Waals surface area contributed by atoms with Crippen LogP contribution in [0.4, 0.5) is 0 Å². The third-order valence-corrected chi connectivity index (χ3v) is 2.50. The van der Waals surface area contributed by atoms with Crippen LogP contribution in [0.2, 0.25) is 0 Å². The summed E-state index contributed by atoms with van der Waals surface area (Å²) >= 11 is 0. The molecule has 1 aromatic rings. The molecule has 0 spiro atoms. The van der Waals surface area contributed by atoms with E-state index in [4.69, 9.17) is 10.3 Å². The molecule has 0 bridgehead atoms. The zero-order chi connectivity index (χ0) is 10.2. The van der Waals surface area contributed by atoms with E-state index in [2.05, 4.69) is 23.9 Å². The van der Waals surface area contributed by atoms with Crippen LogP contribution < -0.4 is 5.73 Å². The number of nitrogens with two attached hydrogens (primary N) is 1. The number of hydrogen-bond donors (Lipinski definition) is 1. The lowest BCUT2D eigenvalue weighted by Gasteiger charge is -2.45. The van der Waals surface area contributed by atoms with Gasteiger partial charge in [0.1, 0.15) is 0 Å². The molecular weight excluding hydrogens is 178 g/mol. The van der Waals surface area contributed by atoms with Crippen LogP contribution in [0.1, 0.15) is 25.3 Å². The highest BCUT2D eigenvalue weighted by Gasteiger charge is 2.34. The molecule has 0 saturated carbocycles. The Morgan fingerprint density at radius 1 is 1.57 bits per heavy atom. The van der Waals surface area contributed by atoms with Gasteiger partial charge in [-0.1, -0.05) is 19.0 Å². The van der Waals surface area contributed by atoms with Crippen molar-refractivity contribution < 1.29 is 4.52 Å². The molecule has 78 valence electrons. The molecule has 0 unspecified atom stereocenters. The summed E-state index contributed by atoms with van der Waals surface area (Å²) in [7, 11) is 0. The van der Waals surface area contributed by atoms with E-state index in [-0.39, 0.29) is 0 Å². The van der Waals surface area contributed by atoms with Crippen molar-refractivity contribution in [3.05, 3.63) is 17.5 Å². The van der Waals surface area contributed by atoms with Crippen molar-refractivity contribution >= 4 is 0 Å². The van der Waals surface area contributed by atoms with Gasteiger partial charge in [0, 0.05) is 25.7 Å².